The topological polar surface area (TPSA) is 132 Å². The summed E-state index contributed by atoms with van der Waals surface area (Å²) in [4.78, 5) is 39.9. The van der Waals surface area contributed by atoms with Crippen molar-refractivity contribution in [1.29, 1.82) is 0 Å². The van der Waals surface area contributed by atoms with Gasteiger partial charge in [0.25, 0.3) is 5.56 Å². The molecule has 4 heterocycles. The molecule has 222 valence electrons. The highest BCUT2D eigenvalue weighted by Crippen LogP contribution is 2.29. The quantitative estimate of drug-likeness (QED) is 0.225. The van der Waals surface area contributed by atoms with E-state index in [9.17, 15) is 9.59 Å². The molecule has 4 aromatic heterocycles. The highest BCUT2D eigenvalue weighted by molar-refractivity contribution is 6.00. The van der Waals surface area contributed by atoms with Gasteiger partial charge in [-0.15, -0.1) is 0 Å². The van der Waals surface area contributed by atoms with Crippen molar-refractivity contribution in [3.8, 4) is 16.8 Å². The van der Waals surface area contributed by atoms with E-state index in [-0.39, 0.29) is 11.0 Å². The summed E-state index contributed by atoms with van der Waals surface area (Å²) in [5, 5.41) is 15.3. The Bertz CT molecular complexity index is 2120. The molecular weight excluding hydrogens is 554 g/mol. The zero-order valence-corrected chi connectivity index (χ0v) is 25.4. The van der Waals surface area contributed by atoms with Crippen molar-refractivity contribution >= 4 is 45.4 Å². The molecule has 3 N–H and O–H groups in total. The SMILES string of the molecule is CNc1ncc2cc(-c3cc(NC(=O)Nc4cc(C(C)(C)C)nn4-c4ccc5ncccc5c4)ccc3C)c(=O)n(C)c2n1. The second-order valence-electron chi connectivity index (χ2n) is 11.7. The van der Waals surface area contributed by atoms with E-state index in [2.05, 4.69) is 51.7 Å². The molecule has 0 unspecified atom stereocenters. The van der Waals surface area contributed by atoms with Gasteiger partial charge in [-0.1, -0.05) is 32.9 Å². The second kappa shape index (κ2) is 10.9. The number of benzene rings is 2. The Kier molecular flexibility index (Phi) is 7.08. The van der Waals surface area contributed by atoms with Gasteiger partial charge in [0.05, 0.1) is 16.9 Å². The number of pyridine rings is 2. The van der Waals surface area contributed by atoms with E-state index in [1.807, 2.05) is 49.4 Å². The summed E-state index contributed by atoms with van der Waals surface area (Å²) in [6.45, 7) is 8.15. The van der Waals surface area contributed by atoms with Crippen LogP contribution in [0, 0.1) is 6.92 Å². The first-order valence-corrected chi connectivity index (χ1v) is 14.2. The molecule has 6 rings (SSSR count). The number of carbonyl (C=O) groups is 1. The van der Waals surface area contributed by atoms with Gasteiger partial charge in [-0.3, -0.25) is 19.7 Å². The van der Waals surface area contributed by atoms with Crippen LogP contribution in [0.1, 0.15) is 32.0 Å². The zero-order valence-electron chi connectivity index (χ0n) is 25.4. The summed E-state index contributed by atoms with van der Waals surface area (Å²) in [7, 11) is 3.41. The van der Waals surface area contributed by atoms with Crippen LogP contribution in [-0.2, 0) is 12.5 Å². The minimum Gasteiger partial charge on any atom is -0.357 e. The van der Waals surface area contributed by atoms with Crippen LogP contribution in [0.3, 0.4) is 0 Å². The predicted molar refractivity (Wildman–Crippen MR) is 175 cm³/mol. The summed E-state index contributed by atoms with van der Waals surface area (Å²) in [6, 6.07) is 18.4. The Morgan fingerprint density at radius 1 is 0.909 bits per heavy atom. The average molecular weight is 588 g/mol. The van der Waals surface area contributed by atoms with Crippen molar-refractivity contribution in [2.45, 2.75) is 33.1 Å². The number of nitrogens with zero attached hydrogens (tertiary/aromatic N) is 6. The molecule has 0 spiro atoms. The molecule has 0 aliphatic heterocycles. The first kappa shape index (κ1) is 28.5. The largest absolute Gasteiger partial charge is 0.357 e. The molecule has 11 heteroatoms. The molecule has 0 radical (unpaired) electrons. The lowest BCUT2D eigenvalue weighted by Gasteiger charge is -2.14. The summed E-state index contributed by atoms with van der Waals surface area (Å²) in [6.07, 6.45) is 3.44. The molecule has 0 bridgehead atoms. The van der Waals surface area contributed by atoms with Gasteiger partial charge in [0, 0.05) is 60.0 Å². The van der Waals surface area contributed by atoms with E-state index in [4.69, 9.17) is 5.10 Å². The number of aromatic nitrogens is 6. The van der Waals surface area contributed by atoms with Crippen LogP contribution in [-0.4, -0.2) is 42.4 Å². The number of hydrogen-bond acceptors (Lipinski definition) is 7. The summed E-state index contributed by atoms with van der Waals surface area (Å²) in [5.41, 5.74) is 5.19. The van der Waals surface area contributed by atoms with E-state index < -0.39 is 6.03 Å². The van der Waals surface area contributed by atoms with Crippen molar-refractivity contribution in [2.24, 2.45) is 7.05 Å². The van der Waals surface area contributed by atoms with E-state index >= 15 is 0 Å². The molecule has 44 heavy (non-hydrogen) atoms. The number of urea groups is 1. The highest BCUT2D eigenvalue weighted by Gasteiger charge is 2.22. The Hall–Kier alpha value is -5.58. The lowest BCUT2D eigenvalue weighted by atomic mass is 9.92. The fourth-order valence-corrected chi connectivity index (χ4v) is 5.06. The maximum atomic E-state index is 13.4. The van der Waals surface area contributed by atoms with Crippen molar-refractivity contribution in [3.63, 3.8) is 0 Å². The summed E-state index contributed by atoms with van der Waals surface area (Å²) >= 11 is 0. The van der Waals surface area contributed by atoms with Crippen molar-refractivity contribution in [3.05, 3.63) is 94.7 Å². The molecule has 0 aliphatic rings. The monoisotopic (exact) mass is 587 g/mol. The van der Waals surface area contributed by atoms with E-state index in [1.165, 1.54) is 4.57 Å². The van der Waals surface area contributed by atoms with Crippen LogP contribution < -0.4 is 21.5 Å². The maximum Gasteiger partial charge on any atom is 0.324 e. The van der Waals surface area contributed by atoms with Crippen LogP contribution >= 0.6 is 0 Å². The second-order valence-corrected chi connectivity index (χ2v) is 11.7. The van der Waals surface area contributed by atoms with Gasteiger partial charge in [-0.25, -0.2) is 14.5 Å². The van der Waals surface area contributed by atoms with E-state index in [0.29, 0.717) is 34.2 Å². The van der Waals surface area contributed by atoms with E-state index in [0.717, 1.165) is 33.2 Å². The molecule has 0 saturated carbocycles. The minimum absolute atomic E-state index is 0.202. The number of aryl methyl sites for hydroxylation is 2. The molecule has 0 fully saturated rings. The van der Waals surface area contributed by atoms with Crippen LogP contribution in [0.4, 0.5) is 22.2 Å². The van der Waals surface area contributed by atoms with E-state index in [1.54, 1.807) is 49.4 Å². The number of rotatable bonds is 5. The molecule has 0 saturated heterocycles. The van der Waals surface area contributed by atoms with Gasteiger partial charge >= 0.3 is 6.03 Å². The summed E-state index contributed by atoms with van der Waals surface area (Å²) < 4.78 is 3.24. The number of fused-ring (bicyclic) bond motifs is 2. The van der Waals surface area contributed by atoms with Gasteiger partial charge in [0.15, 0.2) is 0 Å². The predicted octanol–water partition coefficient (Wildman–Crippen LogP) is 6.02. The fraction of sp³-hybridized carbons (Fsp3) is 0.212. The molecule has 0 atom stereocenters. The zero-order chi connectivity index (χ0) is 31.2. The Morgan fingerprint density at radius 2 is 1.73 bits per heavy atom. The first-order valence-electron chi connectivity index (χ1n) is 14.2. The lowest BCUT2D eigenvalue weighted by molar-refractivity contribution is 0.262. The number of carbonyl (C=O) groups excluding carboxylic acids is 1. The third-order valence-electron chi connectivity index (χ3n) is 7.51. The normalized spacial score (nSPS) is 11.6. The van der Waals surface area contributed by atoms with Gasteiger partial charge in [0.2, 0.25) is 5.95 Å². The molecule has 2 aromatic carbocycles. The van der Waals surface area contributed by atoms with Crippen molar-refractivity contribution < 1.29 is 4.79 Å². The third kappa shape index (κ3) is 5.35. The Morgan fingerprint density at radius 3 is 2.50 bits per heavy atom. The minimum atomic E-state index is -0.441. The number of hydrogen-bond donors (Lipinski definition) is 3. The molecule has 6 aromatic rings. The van der Waals surface area contributed by atoms with Crippen LogP contribution in [0.15, 0.2) is 77.9 Å². The van der Waals surface area contributed by atoms with Crippen LogP contribution in [0.2, 0.25) is 0 Å². The average Bonchev–Trinajstić information content (AvgIpc) is 3.44. The maximum absolute atomic E-state index is 13.4. The van der Waals surface area contributed by atoms with Crippen molar-refractivity contribution in [2.75, 3.05) is 23.0 Å². The molecule has 11 nitrogen and oxygen atoms in total. The van der Waals surface area contributed by atoms with Gasteiger partial charge in [0.1, 0.15) is 11.5 Å². The molecular formula is C33H33N9O2. The summed E-state index contributed by atoms with van der Waals surface area (Å²) in [5.74, 6) is 0.953. The highest BCUT2D eigenvalue weighted by atomic mass is 16.2. The first-order chi connectivity index (χ1) is 21.0. The third-order valence-corrected chi connectivity index (χ3v) is 7.51. The molecule has 0 aliphatic carbocycles. The lowest BCUT2D eigenvalue weighted by Crippen LogP contribution is -2.22. The number of nitrogens with one attached hydrogen (secondary N) is 3. The Balaban J connectivity index is 1.32. The van der Waals surface area contributed by atoms with Gasteiger partial charge in [-0.2, -0.15) is 10.1 Å². The van der Waals surface area contributed by atoms with Crippen molar-refractivity contribution in [1.82, 2.24) is 29.3 Å². The molecule has 2 amide bonds. The fourth-order valence-electron chi connectivity index (χ4n) is 5.06. The number of anilines is 3. The van der Waals surface area contributed by atoms with Crippen LogP contribution in [0.25, 0.3) is 38.8 Å². The standard InChI is InChI=1S/C33H33N9O2/c1-19-9-10-22(16-24(19)25-15-21-18-36-31(34-5)39-29(21)41(6)30(25)43)37-32(44)38-28-17-27(33(2,3)4)40-42(28)23-11-12-26-20(14-23)8-7-13-35-26/h7-18H,1-6H3,(H,34,36,39)(H2,37,38,44). The van der Waals surface area contributed by atoms with Gasteiger partial charge in [-0.05, 0) is 60.5 Å². The van der Waals surface area contributed by atoms with Gasteiger partial charge < -0.3 is 10.6 Å². The van der Waals surface area contributed by atoms with Crippen LogP contribution in [0.5, 0.6) is 0 Å². The smallest absolute Gasteiger partial charge is 0.324 e. The number of amides is 2. The Labute approximate surface area is 254 Å².